The first-order valence-corrected chi connectivity index (χ1v) is 11.6. The standard InChI is InChI=1S/C26H25F2N5/c1-14-15-7-9-17(10-8-15)22(14)31-26-21(28)23(16-5-3-2-4-6-16)32-25(33-26)20-13-30-24-19(20)11-18(27)12-29-24/h2-6,11-15,17,22H,7-10H2,1H3,(H,29,30)(H,31,32,33). The van der Waals surface area contributed by atoms with Crippen LogP contribution >= 0.6 is 0 Å². The smallest absolute Gasteiger partial charge is 0.191 e. The number of halogens is 2. The molecule has 3 aromatic heterocycles. The van der Waals surface area contributed by atoms with E-state index in [1.165, 1.54) is 31.7 Å². The van der Waals surface area contributed by atoms with Gasteiger partial charge in [0.15, 0.2) is 17.5 Å². The molecule has 3 aliphatic carbocycles. The fourth-order valence-corrected chi connectivity index (χ4v) is 5.77. The van der Waals surface area contributed by atoms with Gasteiger partial charge in [-0.25, -0.2) is 23.7 Å². The Morgan fingerprint density at radius 1 is 1.00 bits per heavy atom. The zero-order chi connectivity index (χ0) is 22.5. The van der Waals surface area contributed by atoms with Crippen LogP contribution in [0.1, 0.15) is 32.6 Å². The van der Waals surface area contributed by atoms with E-state index in [9.17, 15) is 4.39 Å². The van der Waals surface area contributed by atoms with Gasteiger partial charge in [0.25, 0.3) is 0 Å². The molecular formula is C26H25F2N5. The first-order valence-electron chi connectivity index (χ1n) is 11.6. The molecule has 2 bridgehead atoms. The van der Waals surface area contributed by atoms with E-state index >= 15 is 4.39 Å². The van der Waals surface area contributed by atoms with Gasteiger partial charge in [0.1, 0.15) is 17.2 Å². The molecule has 0 saturated heterocycles. The van der Waals surface area contributed by atoms with E-state index in [4.69, 9.17) is 0 Å². The van der Waals surface area contributed by atoms with Crippen LogP contribution in [-0.2, 0) is 0 Å². The maximum Gasteiger partial charge on any atom is 0.191 e. The van der Waals surface area contributed by atoms with Gasteiger partial charge >= 0.3 is 0 Å². The van der Waals surface area contributed by atoms with Crippen molar-refractivity contribution in [2.75, 3.05) is 5.32 Å². The number of hydrogen-bond donors (Lipinski definition) is 2. The molecule has 7 heteroatoms. The highest BCUT2D eigenvalue weighted by Crippen LogP contribution is 2.46. The summed E-state index contributed by atoms with van der Waals surface area (Å²) < 4.78 is 29.8. The van der Waals surface area contributed by atoms with Gasteiger partial charge in [0, 0.05) is 28.8 Å². The average molecular weight is 446 g/mol. The Morgan fingerprint density at radius 2 is 1.76 bits per heavy atom. The third-order valence-corrected chi connectivity index (χ3v) is 7.57. The van der Waals surface area contributed by atoms with Gasteiger partial charge in [-0.3, -0.25) is 0 Å². The minimum Gasteiger partial charge on any atom is -0.364 e. The highest BCUT2D eigenvalue weighted by atomic mass is 19.1. The minimum absolute atomic E-state index is 0.181. The Hall–Kier alpha value is -3.35. The van der Waals surface area contributed by atoms with Crippen LogP contribution in [0.3, 0.4) is 0 Å². The molecule has 2 unspecified atom stereocenters. The predicted octanol–water partition coefficient (Wildman–Crippen LogP) is 6.20. The van der Waals surface area contributed by atoms with Crippen molar-refractivity contribution in [2.45, 2.75) is 38.6 Å². The quantitative estimate of drug-likeness (QED) is 0.392. The molecule has 1 aromatic carbocycles. The van der Waals surface area contributed by atoms with E-state index in [1.807, 2.05) is 30.3 Å². The normalized spacial score (nSPS) is 24.3. The van der Waals surface area contributed by atoms with E-state index in [0.29, 0.717) is 45.7 Å². The van der Waals surface area contributed by atoms with Crippen molar-refractivity contribution in [3.63, 3.8) is 0 Å². The summed E-state index contributed by atoms with van der Waals surface area (Å²) in [7, 11) is 0. The van der Waals surface area contributed by atoms with Crippen molar-refractivity contribution in [3.05, 3.63) is 60.4 Å². The number of aromatic amines is 1. The van der Waals surface area contributed by atoms with Crippen LogP contribution in [0.4, 0.5) is 14.6 Å². The van der Waals surface area contributed by atoms with Gasteiger partial charge in [0.2, 0.25) is 0 Å². The minimum atomic E-state index is -0.456. The highest BCUT2D eigenvalue weighted by Gasteiger charge is 2.41. The maximum atomic E-state index is 15.8. The molecule has 0 amide bonds. The van der Waals surface area contributed by atoms with Crippen LogP contribution in [0.2, 0.25) is 0 Å². The van der Waals surface area contributed by atoms with Crippen molar-refractivity contribution in [1.29, 1.82) is 0 Å². The van der Waals surface area contributed by atoms with Gasteiger partial charge in [0.05, 0.1) is 6.20 Å². The lowest BCUT2D eigenvalue weighted by Crippen LogP contribution is -2.47. The largest absolute Gasteiger partial charge is 0.364 e. The molecule has 3 fully saturated rings. The molecule has 168 valence electrons. The van der Waals surface area contributed by atoms with Crippen LogP contribution in [0, 0.1) is 29.4 Å². The van der Waals surface area contributed by atoms with E-state index in [0.717, 1.165) is 6.20 Å². The zero-order valence-corrected chi connectivity index (χ0v) is 18.4. The van der Waals surface area contributed by atoms with Gasteiger partial charge in [-0.2, -0.15) is 0 Å². The summed E-state index contributed by atoms with van der Waals surface area (Å²) >= 11 is 0. The number of nitrogens with one attached hydrogen (secondary N) is 2. The third kappa shape index (κ3) is 3.46. The number of anilines is 1. The van der Waals surface area contributed by atoms with Crippen LogP contribution in [0.15, 0.2) is 48.8 Å². The summed E-state index contributed by atoms with van der Waals surface area (Å²) in [6.07, 6.45) is 7.72. The summed E-state index contributed by atoms with van der Waals surface area (Å²) in [5.41, 5.74) is 2.03. The third-order valence-electron chi connectivity index (χ3n) is 7.57. The second-order valence-electron chi connectivity index (χ2n) is 9.38. The lowest BCUT2D eigenvalue weighted by Gasteiger charge is -2.47. The molecule has 0 radical (unpaired) electrons. The molecule has 4 aromatic rings. The Balaban J connectivity index is 1.49. The number of nitrogens with zero attached hydrogens (tertiary/aromatic N) is 3. The number of H-pyrrole nitrogens is 1. The first kappa shape index (κ1) is 20.3. The van der Waals surface area contributed by atoms with Crippen molar-refractivity contribution in [3.8, 4) is 22.6 Å². The highest BCUT2D eigenvalue weighted by molar-refractivity contribution is 5.92. The topological polar surface area (TPSA) is 66.5 Å². The second kappa shape index (κ2) is 7.90. The first-order chi connectivity index (χ1) is 16.1. The summed E-state index contributed by atoms with van der Waals surface area (Å²) in [4.78, 5) is 16.4. The molecule has 2 N–H and O–H groups in total. The van der Waals surface area contributed by atoms with E-state index in [2.05, 4.69) is 32.2 Å². The van der Waals surface area contributed by atoms with Gasteiger partial charge in [-0.15, -0.1) is 0 Å². The number of pyridine rings is 1. The molecule has 33 heavy (non-hydrogen) atoms. The zero-order valence-electron chi connectivity index (χ0n) is 18.4. The lowest BCUT2D eigenvalue weighted by atomic mass is 9.62. The van der Waals surface area contributed by atoms with Crippen molar-refractivity contribution in [1.82, 2.24) is 19.9 Å². The molecular weight excluding hydrogens is 420 g/mol. The van der Waals surface area contributed by atoms with Crippen LogP contribution in [-0.4, -0.2) is 26.0 Å². The van der Waals surface area contributed by atoms with Gasteiger partial charge in [-0.05, 0) is 49.5 Å². The Labute approximate surface area is 190 Å². The molecule has 2 atom stereocenters. The number of rotatable bonds is 4. The molecule has 0 spiro atoms. The summed E-state index contributed by atoms with van der Waals surface area (Å²) in [6, 6.07) is 10.9. The molecule has 5 nitrogen and oxygen atoms in total. The predicted molar refractivity (Wildman–Crippen MR) is 124 cm³/mol. The monoisotopic (exact) mass is 445 g/mol. The summed E-state index contributed by atoms with van der Waals surface area (Å²) in [5.74, 6) is 1.30. The van der Waals surface area contributed by atoms with Crippen molar-refractivity contribution >= 4 is 16.9 Å². The van der Waals surface area contributed by atoms with Crippen molar-refractivity contribution < 1.29 is 8.78 Å². The summed E-state index contributed by atoms with van der Waals surface area (Å²) in [6.45, 7) is 2.26. The van der Waals surface area contributed by atoms with Crippen molar-refractivity contribution in [2.24, 2.45) is 17.8 Å². The van der Waals surface area contributed by atoms with E-state index in [-0.39, 0.29) is 17.6 Å². The average Bonchev–Trinajstić information content (AvgIpc) is 3.26. The fraction of sp³-hybridized carbons (Fsp3) is 0.346. The lowest BCUT2D eigenvalue weighted by molar-refractivity contribution is 0.0926. The molecule has 0 aliphatic heterocycles. The van der Waals surface area contributed by atoms with E-state index in [1.54, 1.807) is 6.20 Å². The molecule has 3 heterocycles. The number of aromatic nitrogens is 4. The van der Waals surface area contributed by atoms with Gasteiger partial charge in [-0.1, -0.05) is 37.3 Å². The van der Waals surface area contributed by atoms with Gasteiger partial charge < -0.3 is 10.3 Å². The number of hydrogen-bond acceptors (Lipinski definition) is 4. The van der Waals surface area contributed by atoms with Crippen LogP contribution < -0.4 is 5.32 Å². The Morgan fingerprint density at radius 3 is 2.52 bits per heavy atom. The SMILES string of the molecule is CC1C2CCC(CC2)C1Nc1nc(-c2c[nH]c3ncc(F)cc23)nc(-c2ccccc2)c1F. The van der Waals surface area contributed by atoms with Crippen LogP contribution in [0.25, 0.3) is 33.7 Å². The Bertz CT molecular complexity index is 1310. The fourth-order valence-electron chi connectivity index (χ4n) is 5.77. The molecule has 7 rings (SSSR count). The Kier molecular flexibility index (Phi) is 4.85. The summed E-state index contributed by atoms with van der Waals surface area (Å²) in [5, 5.41) is 4.04. The van der Waals surface area contributed by atoms with E-state index < -0.39 is 11.6 Å². The number of benzene rings is 1. The molecule has 3 saturated carbocycles. The second-order valence-corrected chi connectivity index (χ2v) is 9.38. The maximum absolute atomic E-state index is 15.8. The molecule has 3 aliphatic rings. The number of fused-ring (bicyclic) bond motifs is 4. The van der Waals surface area contributed by atoms with Crippen LogP contribution in [0.5, 0.6) is 0 Å².